The molecule has 25 heavy (non-hydrogen) atoms. The quantitative estimate of drug-likeness (QED) is 0.583. The van der Waals surface area contributed by atoms with Gasteiger partial charge in [0, 0.05) is 13.6 Å². The third-order valence-corrected chi connectivity index (χ3v) is 4.16. The number of nitrogens with one attached hydrogen (secondary N) is 2. The van der Waals surface area contributed by atoms with Crippen LogP contribution in [-0.4, -0.2) is 43.8 Å². The van der Waals surface area contributed by atoms with Crippen molar-refractivity contribution in [1.82, 2.24) is 19.5 Å². The first-order valence-electron chi connectivity index (χ1n) is 8.55. The van der Waals surface area contributed by atoms with Crippen LogP contribution in [0.4, 0.5) is 11.8 Å². The Hall–Kier alpha value is -2.67. The second kappa shape index (κ2) is 7.94. The van der Waals surface area contributed by atoms with Gasteiger partial charge in [-0.1, -0.05) is 37.3 Å². The molecule has 0 bridgehead atoms. The van der Waals surface area contributed by atoms with Gasteiger partial charge in [0.25, 0.3) is 0 Å². The molecule has 132 valence electrons. The summed E-state index contributed by atoms with van der Waals surface area (Å²) in [6.45, 7) is 2.80. The van der Waals surface area contributed by atoms with E-state index in [9.17, 15) is 5.11 Å². The van der Waals surface area contributed by atoms with Crippen molar-refractivity contribution < 1.29 is 5.11 Å². The Morgan fingerprint density at radius 3 is 2.72 bits per heavy atom. The lowest BCUT2D eigenvalue weighted by molar-refractivity contribution is 0.271. The fourth-order valence-corrected chi connectivity index (χ4v) is 2.62. The Morgan fingerprint density at radius 1 is 1.20 bits per heavy atom. The molecule has 3 N–H and O–H groups in total. The molecule has 0 spiro atoms. The van der Waals surface area contributed by atoms with E-state index in [4.69, 9.17) is 0 Å². The molecule has 3 rings (SSSR count). The summed E-state index contributed by atoms with van der Waals surface area (Å²) in [4.78, 5) is 13.5. The number of aliphatic hydroxyl groups is 1. The highest BCUT2D eigenvalue weighted by molar-refractivity contribution is 5.84. The number of anilines is 2. The summed E-state index contributed by atoms with van der Waals surface area (Å²) in [6, 6.07) is 10.2. The van der Waals surface area contributed by atoms with Gasteiger partial charge in [-0.2, -0.15) is 9.97 Å². The molecular weight excluding hydrogens is 316 g/mol. The molecule has 0 aliphatic rings. The number of benzene rings is 1. The summed E-state index contributed by atoms with van der Waals surface area (Å²) in [5.74, 6) is 1.20. The van der Waals surface area contributed by atoms with Crippen LogP contribution < -0.4 is 10.6 Å². The van der Waals surface area contributed by atoms with Crippen LogP contribution in [0.3, 0.4) is 0 Å². The molecule has 2 heterocycles. The van der Waals surface area contributed by atoms with Crippen molar-refractivity contribution in [1.29, 1.82) is 0 Å². The van der Waals surface area contributed by atoms with Gasteiger partial charge in [-0.15, -0.1) is 0 Å². The van der Waals surface area contributed by atoms with Crippen LogP contribution in [0.25, 0.3) is 11.2 Å². The molecule has 1 aromatic carbocycles. The fourth-order valence-electron chi connectivity index (χ4n) is 2.62. The first-order chi connectivity index (χ1) is 12.2. The molecule has 3 aromatic rings. The summed E-state index contributed by atoms with van der Waals surface area (Å²) in [5.41, 5.74) is 2.77. The largest absolute Gasteiger partial charge is 0.394 e. The third-order valence-electron chi connectivity index (χ3n) is 4.16. The van der Waals surface area contributed by atoms with E-state index in [-0.39, 0.29) is 12.6 Å². The Morgan fingerprint density at radius 2 is 2.00 bits per heavy atom. The Kier molecular flexibility index (Phi) is 5.45. The molecule has 7 heteroatoms. The standard InChI is InChI=1S/C18H24N6O/c1-3-14(11-25)21-18-22-16(15-17(23-18)24(2)12-20-15)19-10-9-13-7-5-4-6-8-13/h4-8,12,14,25H,3,9-11H2,1-2H3,(H2,19,21,22,23)/t14-/m1/s1. The molecule has 0 saturated carbocycles. The number of aromatic nitrogens is 4. The number of rotatable bonds is 8. The lowest BCUT2D eigenvalue weighted by Crippen LogP contribution is -2.24. The monoisotopic (exact) mass is 340 g/mol. The van der Waals surface area contributed by atoms with Gasteiger partial charge < -0.3 is 20.3 Å². The second-order valence-electron chi connectivity index (χ2n) is 6.02. The van der Waals surface area contributed by atoms with Gasteiger partial charge >= 0.3 is 0 Å². The molecule has 0 unspecified atom stereocenters. The molecule has 0 aliphatic carbocycles. The van der Waals surface area contributed by atoms with E-state index in [2.05, 4.69) is 37.7 Å². The molecule has 0 amide bonds. The van der Waals surface area contributed by atoms with Crippen molar-refractivity contribution in [3.63, 3.8) is 0 Å². The van der Waals surface area contributed by atoms with Gasteiger partial charge in [-0.05, 0) is 18.4 Å². The van der Waals surface area contributed by atoms with Crippen LogP contribution in [0.1, 0.15) is 18.9 Å². The number of nitrogens with zero attached hydrogens (tertiary/aromatic N) is 4. The number of aliphatic hydroxyl groups excluding tert-OH is 1. The van der Waals surface area contributed by atoms with Crippen molar-refractivity contribution in [2.45, 2.75) is 25.8 Å². The van der Waals surface area contributed by atoms with Crippen LogP contribution >= 0.6 is 0 Å². The zero-order valence-electron chi connectivity index (χ0n) is 14.6. The van der Waals surface area contributed by atoms with Crippen molar-refractivity contribution in [2.24, 2.45) is 7.05 Å². The van der Waals surface area contributed by atoms with E-state index in [0.717, 1.165) is 30.6 Å². The molecule has 2 aromatic heterocycles. The van der Waals surface area contributed by atoms with Crippen LogP contribution in [0.15, 0.2) is 36.7 Å². The smallest absolute Gasteiger partial charge is 0.227 e. The van der Waals surface area contributed by atoms with Crippen LogP contribution in [-0.2, 0) is 13.5 Å². The van der Waals surface area contributed by atoms with Crippen LogP contribution in [0.2, 0.25) is 0 Å². The highest BCUT2D eigenvalue weighted by Gasteiger charge is 2.14. The van der Waals surface area contributed by atoms with Gasteiger partial charge in [0.2, 0.25) is 5.95 Å². The van der Waals surface area contributed by atoms with E-state index >= 15 is 0 Å². The first kappa shape index (κ1) is 17.2. The van der Waals surface area contributed by atoms with Crippen molar-refractivity contribution in [3.8, 4) is 0 Å². The number of aryl methyl sites for hydroxylation is 1. The van der Waals surface area contributed by atoms with E-state index in [1.807, 2.05) is 36.7 Å². The Balaban J connectivity index is 1.80. The topological polar surface area (TPSA) is 87.9 Å². The van der Waals surface area contributed by atoms with Crippen molar-refractivity contribution in [2.75, 3.05) is 23.8 Å². The molecule has 0 aliphatic heterocycles. The molecule has 0 radical (unpaired) electrons. The second-order valence-corrected chi connectivity index (χ2v) is 6.02. The van der Waals surface area contributed by atoms with Gasteiger partial charge in [0.05, 0.1) is 19.0 Å². The number of imidazole rings is 1. The van der Waals surface area contributed by atoms with Gasteiger partial charge in [-0.25, -0.2) is 4.98 Å². The summed E-state index contributed by atoms with van der Waals surface area (Å²) in [6.07, 6.45) is 3.42. The maximum absolute atomic E-state index is 9.40. The van der Waals surface area contributed by atoms with E-state index < -0.39 is 0 Å². The zero-order valence-corrected chi connectivity index (χ0v) is 14.6. The van der Waals surface area contributed by atoms with Gasteiger partial charge in [-0.3, -0.25) is 0 Å². The minimum absolute atomic E-state index is 0.0417. The first-order valence-corrected chi connectivity index (χ1v) is 8.55. The van der Waals surface area contributed by atoms with E-state index in [1.165, 1.54) is 5.56 Å². The predicted molar refractivity (Wildman–Crippen MR) is 99.7 cm³/mol. The number of fused-ring (bicyclic) bond motifs is 1. The SMILES string of the molecule is CC[C@H](CO)Nc1nc(NCCc2ccccc2)c2ncn(C)c2n1. The van der Waals surface area contributed by atoms with Gasteiger partial charge in [0.15, 0.2) is 17.0 Å². The summed E-state index contributed by atoms with van der Waals surface area (Å²) >= 11 is 0. The average Bonchev–Trinajstić information content (AvgIpc) is 3.02. The maximum atomic E-state index is 9.40. The minimum atomic E-state index is -0.0668. The molecule has 0 fully saturated rings. The predicted octanol–water partition coefficient (Wildman–Crippen LogP) is 2.20. The van der Waals surface area contributed by atoms with Crippen molar-refractivity contribution >= 4 is 22.9 Å². The zero-order chi connectivity index (χ0) is 17.6. The van der Waals surface area contributed by atoms with Gasteiger partial charge in [0.1, 0.15) is 0 Å². The molecular formula is C18H24N6O. The third kappa shape index (κ3) is 4.06. The van der Waals surface area contributed by atoms with Crippen LogP contribution in [0, 0.1) is 0 Å². The van der Waals surface area contributed by atoms with E-state index in [0.29, 0.717) is 11.8 Å². The van der Waals surface area contributed by atoms with Crippen LogP contribution in [0.5, 0.6) is 0 Å². The summed E-state index contributed by atoms with van der Waals surface area (Å²) in [7, 11) is 1.91. The number of hydrogen-bond donors (Lipinski definition) is 3. The van der Waals surface area contributed by atoms with E-state index in [1.54, 1.807) is 6.33 Å². The summed E-state index contributed by atoms with van der Waals surface area (Å²) in [5, 5.41) is 16.0. The Labute approximate surface area is 147 Å². The lowest BCUT2D eigenvalue weighted by Gasteiger charge is -2.15. The van der Waals surface area contributed by atoms with Crippen molar-refractivity contribution in [3.05, 3.63) is 42.2 Å². The highest BCUT2D eigenvalue weighted by Crippen LogP contribution is 2.20. The molecule has 1 atom stereocenters. The highest BCUT2D eigenvalue weighted by atomic mass is 16.3. The number of hydrogen-bond acceptors (Lipinski definition) is 6. The average molecular weight is 340 g/mol. The summed E-state index contributed by atoms with van der Waals surface area (Å²) < 4.78 is 1.87. The molecule has 7 nitrogen and oxygen atoms in total. The molecule has 0 saturated heterocycles. The normalized spacial score (nSPS) is 12.3. The lowest BCUT2D eigenvalue weighted by atomic mass is 10.1. The maximum Gasteiger partial charge on any atom is 0.227 e. The Bertz CT molecular complexity index is 813. The fraction of sp³-hybridized carbons (Fsp3) is 0.389. The minimum Gasteiger partial charge on any atom is -0.394 e.